The highest BCUT2D eigenvalue weighted by atomic mass is 32.1. The molecule has 4 nitrogen and oxygen atoms in total. The lowest BCUT2D eigenvalue weighted by Gasteiger charge is -2.30. The van der Waals surface area contributed by atoms with Gasteiger partial charge in [-0.05, 0) is 68.4 Å². The van der Waals surface area contributed by atoms with Gasteiger partial charge in [-0.25, -0.2) is 0 Å². The summed E-state index contributed by atoms with van der Waals surface area (Å²) in [5.74, 6) is 0. The number of benzene rings is 2. The van der Waals surface area contributed by atoms with Crippen LogP contribution in [0, 0.1) is 0 Å². The number of rotatable bonds is 4. The highest BCUT2D eigenvalue weighted by Gasteiger charge is 2.22. The molecule has 0 spiro atoms. The molecule has 1 aromatic heterocycles. The first-order chi connectivity index (χ1) is 13.2. The van der Waals surface area contributed by atoms with Crippen molar-refractivity contribution < 1.29 is 0 Å². The number of hydrogen-bond acceptors (Lipinski definition) is 2. The van der Waals surface area contributed by atoms with Crippen LogP contribution >= 0.6 is 12.2 Å². The van der Waals surface area contributed by atoms with Crippen molar-refractivity contribution in [3.63, 3.8) is 0 Å². The second kappa shape index (κ2) is 7.61. The van der Waals surface area contributed by atoms with Crippen molar-refractivity contribution in [1.82, 2.24) is 9.88 Å². The number of aromatic amines is 1. The summed E-state index contributed by atoms with van der Waals surface area (Å²) in [7, 11) is 0. The van der Waals surface area contributed by atoms with Gasteiger partial charge in [0.25, 0.3) is 0 Å². The molecule has 0 saturated carbocycles. The molecular formula is C22H26N4S. The Morgan fingerprint density at radius 3 is 2.59 bits per heavy atom. The van der Waals surface area contributed by atoms with E-state index in [1.807, 2.05) is 0 Å². The third kappa shape index (κ3) is 3.52. The summed E-state index contributed by atoms with van der Waals surface area (Å²) in [6.07, 6.45) is 1.02. The van der Waals surface area contributed by atoms with Crippen LogP contribution in [-0.2, 0) is 13.0 Å². The van der Waals surface area contributed by atoms with Crippen LogP contribution in [0.25, 0.3) is 10.9 Å². The zero-order valence-corrected chi connectivity index (χ0v) is 16.8. The zero-order valence-electron chi connectivity index (χ0n) is 16.0. The van der Waals surface area contributed by atoms with Crippen molar-refractivity contribution >= 4 is 39.6 Å². The Kier molecular flexibility index (Phi) is 5.03. The van der Waals surface area contributed by atoms with Gasteiger partial charge in [-0.1, -0.05) is 18.2 Å². The zero-order chi connectivity index (χ0) is 18.8. The Morgan fingerprint density at radius 2 is 1.85 bits per heavy atom. The highest BCUT2D eigenvalue weighted by Crippen LogP contribution is 2.28. The van der Waals surface area contributed by atoms with Crippen LogP contribution in [0.3, 0.4) is 0 Å². The minimum Gasteiger partial charge on any atom is -0.372 e. The lowest BCUT2D eigenvalue weighted by molar-refractivity contribution is 0.396. The molecule has 2 aromatic carbocycles. The Bertz CT molecular complexity index is 941. The molecular weight excluding hydrogens is 352 g/mol. The molecule has 27 heavy (non-hydrogen) atoms. The van der Waals surface area contributed by atoms with Crippen LogP contribution in [0.5, 0.6) is 0 Å². The molecule has 0 amide bonds. The molecule has 2 N–H and O–H groups in total. The maximum atomic E-state index is 5.69. The average Bonchev–Trinajstić information content (AvgIpc) is 3.08. The standard InChI is InChI=1S/C22H26N4S/c1-3-25(4-2)17-11-9-16(10-12-17)23-22(27)26-14-13-19-18-7-5-6-8-20(18)24-21(19)15-26/h5-12,24H,3-4,13-15H2,1-2H3,(H,23,27). The molecule has 2 heterocycles. The summed E-state index contributed by atoms with van der Waals surface area (Å²) in [6, 6.07) is 17.1. The van der Waals surface area contributed by atoms with Gasteiger partial charge in [0.2, 0.25) is 0 Å². The third-order valence-corrected chi connectivity index (χ3v) is 5.78. The molecule has 0 bridgehead atoms. The fourth-order valence-corrected chi connectivity index (χ4v) is 4.19. The van der Waals surface area contributed by atoms with Crippen molar-refractivity contribution in [2.24, 2.45) is 0 Å². The van der Waals surface area contributed by atoms with Crippen LogP contribution in [0.1, 0.15) is 25.1 Å². The van der Waals surface area contributed by atoms with Crippen LogP contribution < -0.4 is 10.2 Å². The van der Waals surface area contributed by atoms with Crippen LogP contribution in [-0.4, -0.2) is 34.6 Å². The Labute approximate surface area is 166 Å². The first kappa shape index (κ1) is 17.9. The van der Waals surface area contributed by atoms with Gasteiger partial charge < -0.3 is 20.1 Å². The third-order valence-electron chi connectivity index (χ3n) is 5.42. The average molecular weight is 379 g/mol. The van der Waals surface area contributed by atoms with E-state index in [-0.39, 0.29) is 0 Å². The molecule has 1 aliphatic rings. The number of para-hydroxylation sites is 1. The summed E-state index contributed by atoms with van der Waals surface area (Å²) in [4.78, 5) is 8.14. The smallest absolute Gasteiger partial charge is 0.173 e. The van der Waals surface area contributed by atoms with Crippen molar-refractivity contribution in [3.8, 4) is 0 Å². The van der Waals surface area contributed by atoms with Crippen molar-refractivity contribution in [3.05, 3.63) is 59.8 Å². The van der Waals surface area contributed by atoms with E-state index >= 15 is 0 Å². The van der Waals surface area contributed by atoms with E-state index in [1.54, 1.807) is 0 Å². The van der Waals surface area contributed by atoms with Gasteiger partial charge in [0.15, 0.2) is 5.11 Å². The van der Waals surface area contributed by atoms with Crippen molar-refractivity contribution in [1.29, 1.82) is 0 Å². The number of nitrogens with zero attached hydrogens (tertiary/aromatic N) is 2. The molecule has 0 fully saturated rings. The normalized spacial score (nSPS) is 13.5. The number of nitrogens with one attached hydrogen (secondary N) is 2. The summed E-state index contributed by atoms with van der Waals surface area (Å²) >= 11 is 5.69. The van der Waals surface area contributed by atoms with E-state index in [1.165, 1.54) is 27.8 Å². The second-order valence-corrected chi connectivity index (χ2v) is 7.34. The van der Waals surface area contributed by atoms with Gasteiger partial charge in [-0.15, -0.1) is 0 Å². The molecule has 0 radical (unpaired) electrons. The largest absolute Gasteiger partial charge is 0.372 e. The minimum absolute atomic E-state index is 0.787. The number of aromatic nitrogens is 1. The van der Waals surface area contributed by atoms with Crippen LogP contribution in [0.2, 0.25) is 0 Å². The predicted molar refractivity (Wildman–Crippen MR) is 119 cm³/mol. The van der Waals surface area contributed by atoms with E-state index in [2.05, 4.69) is 82.5 Å². The first-order valence-electron chi connectivity index (χ1n) is 9.69. The number of fused-ring (bicyclic) bond motifs is 3. The SMILES string of the molecule is CCN(CC)c1ccc(NC(=S)N2CCc3c([nH]c4ccccc34)C2)cc1. The van der Waals surface area contributed by atoms with Gasteiger partial charge in [-0.3, -0.25) is 0 Å². The number of thiocarbonyl (C=S) groups is 1. The molecule has 0 aliphatic carbocycles. The fraction of sp³-hybridized carbons (Fsp3) is 0.318. The van der Waals surface area contributed by atoms with E-state index in [0.717, 1.165) is 43.4 Å². The first-order valence-corrected chi connectivity index (χ1v) is 10.1. The van der Waals surface area contributed by atoms with Crippen LogP contribution in [0.15, 0.2) is 48.5 Å². The van der Waals surface area contributed by atoms with E-state index in [0.29, 0.717) is 0 Å². The Hall–Kier alpha value is -2.53. The van der Waals surface area contributed by atoms with Crippen LogP contribution in [0.4, 0.5) is 11.4 Å². The van der Waals surface area contributed by atoms with E-state index in [4.69, 9.17) is 12.2 Å². The molecule has 0 atom stereocenters. The lowest BCUT2D eigenvalue weighted by atomic mass is 10.0. The second-order valence-electron chi connectivity index (χ2n) is 6.95. The van der Waals surface area contributed by atoms with Crippen molar-refractivity contribution in [2.75, 3.05) is 29.9 Å². The predicted octanol–water partition coefficient (Wildman–Crippen LogP) is 4.77. The van der Waals surface area contributed by atoms with Crippen molar-refractivity contribution in [2.45, 2.75) is 26.8 Å². The monoisotopic (exact) mass is 378 g/mol. The Balaban J connectivity index is 1.45. The topological polar surface area (TPSA) is 34.3 Å². The van der Waals surface area contributed by atoms with E-state index < -0.39 is 0 Å². The molecule has 0 saturated heterocycles. The maximum absolute atomic E-state index is 5.69. The molecule has 140 valence electrons. The molecule has 0 unspecified atom stereocenters. The van der Waals surface area contributed by atoms with Gasteiger partial charge in [0.05, 0.1) is 6.54 Å². The quantitative estimate of drug-likeness (QED) is 0.641. The van der Waals surface area contributed by atoms with Gasteiger partial charge in [0.1, 0.15) is 0 Å². The Morgan fingerprint density at radius 1 is 1.11 bits per heavy atom. The van der Waals surface area contributed by atoms with Gasteiger partial charge >= 0.3 is 0 Å². The minimum atomic E-state index is 0.787. The summed E-state index contributed by atoms with van der Waals surface area (Å²) < 4.78 is 0. The summed E-state index contributed by atoms with van der Waals surface area (Å²) in [6.45, 7) is 8.16. The number of hydrogen-bond donors (Lipinski definition) is 2. The van der Waals surface area contributed by atoms with Gasteiger partial charge in [-0.2, -0.15) is 0 Å². The maximum Gasteiger partial charge on any atom is 0.173 e. The molecule has 3 aromatic rings. The summed E-state index contributed by atoms with van der Waals surface area (Å²) in [5, 5.41) is 5.54. The lowest BCUT2D eigenvalue weighted by Crippen LogP contribution is -2.38. The highest BCUT2D eigenvalue weighted by molar-refractivity contribution is 7.80. The van der Waals surface area contributed by atoms with Gasteiger partial charge in [0, 0.05) is 47.6 Å². The molecule has 1 aliphatic heterocycles. The van der Waals surface area contributed by atoms with E-state index in [9.17, 15) is 0 Å². The summed E-state index contributed by atoms with van der Waals surface area (Å²) in [5.41, 5.74) is 6.22. The molecule has 5 heteroatoms. The molecule has 4 rings (SSSR count). The number of H-pyrrole nitrogens is 1. The number of anilines is 2. The fourth-order valence-electron chi connectivity index (χ4n) is 3.91.